The standard InChI is InChI=1S/C15H15N5O2S/c21-11-6-10(7-11)14(12-2-1-5-23-12)16-15(22)9-3-4-13-17-18-19-20(13)8-9/h1-5,8,10-11,14,21H,6-7H2,(H,16,22)/t10?,11?,14-/m0/s1. The monoisotopic (exact) mass is 329 g/mol. The lowest BCUT2D eigenvalue weighted by molar-refractivity contribution is 0.0241. The number of thiophene rings is 1. The number of aliphatic hydroxyl groups is 1. The average Bonchev–Trinajstić information content (AvgIpc) is 3.19. The predicted molar refractivity (Wildman–Crippen MR) is 84.0 cm³/mol. The van der Waals surface area contributed by atoms with Crippen molar-refractivity contribution in [1.82, 2.24) is 25.4 Å². The Morgan fingerprint density at radius 2 is 2.26 bits per heavy atom. The van der Waals surface area contributed by atoms with Gasteiger partial charge in [0.15, 0.2) is 5.65 Å². The number of hydrogen-bond donors (Lipinski definition) is 2. The number of aliphatic hydroxyl groups excluding tert-OH is 1. The molecule has 1 aliphatic rings. The number of carbonyl (C=O) groups is 1. The first kappa shape index (κ1) is 14.3. The highest BCUT2D eigenvalue weighted by Crippen LogP contribution is 2.39. The molecule has 3 aromatic rings. The average molecular weight is 329 g/mol. The quantitative estimate of drug-likeness (QED) is 0.755. The van der Waals surface area contributed by atoms with Gasteiger partial charge in [-0.2, -0.15) is 4.52 Å². The fourth-order valence-corrected chi connectivity index (χ4v) is 3.76. The van der Waals surface area contributed by atoms with Gasteiger partial charge in [-0.15, -0.1) is 16.4 Å². The molecule has 0 aliphatic heterocycles. The second-order valence-corrected chi connectivity index (χ2v) is 6.73. The van der Waals surface area contributed by atoms with Gasteiger partial charge in [-0.3, -0.25) is 4.79 Å². The molecule has 1 fully saturated rings. The lowest BCUT2D eigenvalue weighted by Crippen LogP contribution is -2.41. The Hall–Kier alpha value is -2.32. The van der Waals surface area contributed by atoms with Crippen LogP contribution in [0.5, 0.6) is 0 Å². The lowest BCUT2D eigenvalue weighted by Gasteiger charge is -2.37. The third kappa shape index (κ3) is 2.71. The summed E-state index contributed by atoms with van der Waals surface area (Å²) in [6, 6.07) is 7.34. The van der Waals surface area contributed by atoms with Crippen molar-refractivity contribution >= 4 is 22.9 Å². The van der Waals surface area contributed by atoms with Crippen LogP contribution in [0.1, 0.15) is 34.1 Å². The molecule has 2 N–H and O–H groups in total. The van der Waals surface area contributed by atoms with E-state index in [0.29, 0.717) is 11.2 Å². The SMILES string of the molecule is O=C(N[C@H](c1cccs1)C1CC(O)C1)c1ccc2nnnn2c1. The number of nitrogens with one attached hydrogen (secondary N) is 1. The summed E-state index contributed by atoms with van der Waals surface area (Å²) in [6.45, 7) is 0. The third-order valence-electron chi connectivity index (χ3n) is 4.21. The Morgan fingerprint density at radius 1 is 1.39 bits per heavy atom. The second-order valence-electron chi connectivity index (χ2n) is 5.75. The van der Waals surface area contributed by atoms with Crippen molar-refractivity contribution in [3.8, 4) is 0 Å². The zero-order valence-electron chi connectivity index (χ0n) is 12.2. The van der Waals surface area contributed by atoms with Gasteiger partial charge in [-0.1, -0.05) is 6.07 Å². The summed E-state index contributed by atoms with van der Waals surface area (Å²) in [7, 11) is 0. The number of aromatic nitrogens is 4. The summed E-state index contributed by atoms with van der Waals surface area (Å²) in [5.41, 5.74) is 1.10. The highest BCUT2D eigenvalue weighted by molar-refractivity contribution is 7.10. The summed E-state index contributed by atoms with van der Waals surface area (Å²) < 4.78 is 1.47. The fraction of sp³-hybridized carbons (Fsp3) is 0.333. The number of nitrogens with zero attached hydrogens (tertiary/aromatic N) is 4. The smallest absolute Gasteiger partial charge is 0.253 e. The van der Waals surface area contributed by atoms with E-state index in [-0.39, 0.29) is 24.0 Å². The van der Waals surface area contributed by atoms with E-state index in [9.17, 15) is 9.90 Å². The number of amides is 1. The van der Waals surface area contributed by atoms with Crippen LogP contribution in [-0.2, 0) is 0 Å². The highest BCUT2D eigenvalue weighted by Gasteiger charge is 2.36. The molecule has 0 saturated heterocycles. The summed E-state index contributed by atoms with van der Waals surface area (Å²) in [4.78, 5) is 13.7. The van der Waals surface area contributed by atoms with E-state index in [2.05, 4.69) is 20.8 Å². The molecule has 23 heavy (non-hydrogen) atoms. The van der Waals surface area contributed by atoms with Crippen molar-refractivity contribution in [3.05, 3.63) is 46.3 Å². The lowest BCUT2D eigenvalue weighted by atomic mass is 9.76. The molecule has 1 aliphatic carbocycles. The van der Waals surface area contributed by atoms with Crippen LogP contribution in [0.3, 0.4) is 0 Å². The van der Waals surface area contributed by atoms with Crippen LogP contribution in [0.25, 0.3) is 5.65 Å². The van der Waals surface area contributed by atoms with Gasteiger partial charge < -0.3 is 10.4 Å². The van der Waals surface area contributed by atoms with E-state index in [1.54, 1.807) is 29.7 Å². The number of carbonyl (C=O) groups excluding carboxylic acids is 1. The van der Waals surface area contributed by atoms with Crippen LogP contribution in [0.4, 0.5) is 0 Å². The minimum absolute atomic E-state index is 0.0736. The maximum atomic E-state index is 12.6. The molecule has 8 heteroatoms. The molecule has 7 nitrogen and oxygen atoms in total. The molecule has 118 valence electrons. The van der Waals surface area contributed by atoms with Crippen molar-refractivity contribution in [3.63, 3.8) is 0 Å². The molecule has 0 bridgehead atoms. The maximum Gasteiger partial charge on any atom is 0.253 e. The fourth-order valence-electron chi connectivity index (χ4n) is 2.89. The molecule has 1 amide bonds. The molecule has 3 aromatic heterocycles. The van der Waals surface area contributed by atoms with E-state index >= 15 is 0 Å². The summed E-state index contributed by atoms with van der Waals surface area (Å²) in [5.74, 6) is 0.103. The van der Waals surface area contributed by atoms with Crippen molar-refractivity contribution in [2.24, 2.45) is 5.92 Å². The first-order valence-corrected chi connectivity index (χ1v) is 8.29. The zero-order chi connectivity index (χ0) is 15.8. The van der Waals surface area contributed by atoms with Crippen LogP contribution in [0, 0.1) is 5.92 Å². The molecular formula is C15H15N5O2S. The van der Waals surface area contributed by atoms with Gasteiger partial charge in [0.2, 0.25) is 0 Å². The number of fused-ring (bicyclic) bond motifs is 1. The molecule has 0 radical (unpaired) electrons. The first-order chi connectivity index (χ1) is 11.2. The van der Waals surface area contributed by atoms with Crippen molar-refractivity contribution < 1.29 is 9.90 Å². The largest absolute Gasteiger partial charge is 0.393 e. The molecule has 0 unspecified atom stereocenters. The van der Waals surface area contributed by atoms with Gasteiger partial charge in [-0.25, -0.2) is 0 Å². The minimum Gasteiger partial charge on any atom is -0.393 e. The Labute approximate surface area is 136 Å². The Balaban J connectivity index is 1.56. The molecule has 1 atom stereocenters. The predicted octanol–water partition coefficient (Wildman–Crippen LogP) is 1.43. The van der Waals surface area contributed by atoms with Crippen molar-refractivity contribution in [2.75, 3.05) is 0 Å². The summed E-state index contributed by atoms with van der Waals surface area (Å²) in [5, 5.41) is 25.9. The summed E-state index contributed by atoms with van der Waals surface area (Å²) >= 11 is 1.62. The van der Waals surface area contributed by atoms with Gasteiger partial charge in [0.05, 0.1) is 17.7 Å². The van der Waals surface area contributed by atoms with Gasteiger partial charge in [0.25, 0.3) is 5.91 Å². The number of hydrogen-bond acceptors (Lipinski definition) is 6. The first-order valence-electron chi connectivity index (χ1n) is 7.41. The van der Waals surface area contributed by atoms with Crippen LogP contribution in [0.15, 0.2) is 35.8 Å². The topological polar surface area (TPSA) is 92.4 Å². The molecule has 0 aromatic carbocycles. The van der Waals surface area contributed by atoms with Crippen LogP contribution >= 0.6 is 11.3 Å². The molecule has 3 heterocycles. The van der Waals surface area contributed by atoms with E-state index in [4.69, 9.17) is 0 Å². The number of pyridine rings is 1. The number of rotatable bonds is 4. The Kier molecular flexibility index (Phi) is 3.55. The van der Waals surface area contributed by atoms with Crippen LogP contribution in [-0.4, -0.2) is 37.2 Å². The van der Waals surface area contributed by atoms with Gasteiger partial charge >= 0.3 is 0 Å². The second kappa shape index (κ2) is 5.71. The molecule has 0 spiro atoms. The number of tetrazole rings is 1. The highest BCUT2D eigenvalue weighted by atomic mass is 32.1. The van der Waals surface area contributed by atoms with E-state index in [1.165, 1.54) is 4.52 Å². The van der Waals surface area contributed by atoms with Crippen molar-refractivity contribution in [1.29, 1.82) is 0 Å². The molecular weight excluding hydrogens is 314 g/mol. The molecule has 1 saturated carbocycles. The van der Waals surface area contributed by atoms with E-state index in [1.807, 2.05) is 17.5 Å². The third-order valence-corrected chi connectivity index (χ3v) is 5.17. The Morgan fingerprint density at radius 3 is 3.00 bits per heavy atom. The van der Waals surface area contributed by atoms with Gasteiger partial charge in [0.1, 0.15) is 0 Å². The minimum atomic E-state index is -0.253. The van der Waals surface area contributed by atoms with Crippen molar-refractivity contribution in [2.45, 2.75) is 25.0 Å². The maximum absolute atomic E-state index is 12.6. The normalized spacial score (nSPS) is 21.8. The van der Waals surface area contributed by atoms with Gasteiger partial charge in [-0.05, 0) is 52.8 Å². The zero-order valence-corrected chi connectivity index (χ0v) is 13.0. The molecule has 4 rings (SSSR count). The van der Waals surface area contributed by atoms with Gasteiger partial charge in [0, 0.05) is 11.1 Å². The van der Waals surface area contributed by atoms with E-state index < -0.39 is 0 Å². The Bertz CT molecular complexity index is 825. The summed E-state index contributed by atoms with van der Waals surface area (Å²) in [6.07, 6.45) is 2.80. The van der Waals surface area contributed by atoms with E-state index in [0.717, 1.165) is 17.7 Å². The van der Waals surface area contributed by atoms with Crippen LogP contribution in [0.2, 0.25) is 0 Å². The van der Waals surface area contributed by atoms with Crippen LogP contribution < -0.4 is 5.32 Å².